The number of hydrogen-bond acceptors (Lipinski definition) is 4. The first-order valence-corrected chi connectivity index (χ1v) is 8.00. The third kappa shape index (κ3) is 5.22. The van der Waals surface area contributed by atoms with Crippen LogP contribution in [0.5, 0.6) is 0 Å². The molecule has 0 aromatic rings. The summed E-state index contributed by atoms with van der Waals surface area (Å²) in [6, 6.07) is 0. The van der Waals surface area contributed by atoms with Gasteiger partial charge in [0.2, 0.25) is 0 Å². The molecule has 0 heterocycles. The van der Waals surface area contributed by atoms with Crippen LogP contribution in [0.25, 0.3) is 0 Å². The molecular formula is C15H20F4O3S. The molecule has 0 bridgehead atoms. The molecular weight excluding hydrogens is 336 g/mol. The summed E-state index contributed by atoms with van der Waals surface area (Å²) in [5.41, 5.74) is -2.12. The van der Waals surface area contributed by atoms with Crippen LogP contribution in [0.15, 0.2) is 10.7 Å². The van der Waals surface area contributed by atoms with E-state index < -0.39 is 28.1 Å². The maximum absolute atomic E-state index is 14.1. The summed E-state index contributed by atoms with van der Waals surface area (Å²) >= 11 is 0.170. The van der Waals surface area contributed by atoms with E-state index in [2.05, 4.69) is 4.74 Å². The molecule has 0 aromatic carbocycles. The minimum absolute atomic E-state index is 0.0953. The Bertz CT molecular complexity index is 506. The van der Waals surface area contributed by atoms with Gasteiger partial charge in [-0.05, 0) is 24.2 Å². The first-order valence-electron chi connectivity index (χ1n) is 7.12. The third-order valence-corrected chi connectivity index (χ3v) is 5.09. The second-order valence-electron chi connectivity index (χ2n) is 6.55. The molecule has 1 aliphatic carbocycles. The highest BCUT2D eigenvalue weighted by atomic mass is 32.2. The molecule has 0 amide bonds. The van der Waals surface area contributed by atoms with Crippen molar-refractivity contribution in [2.45, 2.75) is 51.5 Å². The van der Waals surface area contributed by atoms with Crippen molar-refractivity contribution in [1.82, 2.24) is 0 Å². The lowest BCUT2D eigenvalue weighted by molar-refractivity contribution is -0.148. The Kier molecular flexibility index (Phi) is 6.29. The topological polar surface area (TPSA) is 43.4 Å². The Morgan fingerprint density at radius 1 is 1.26 bits per heavy atom. The highest BCUT2D eigenvalue weighted by Crippen LogP contribution is 2.44. The zero-order chi connectivity index (χ0) is 18.0. The van der Waals surface area contributed by atoms with Gasteiger partial charge in [-0.25, -0.2) is 4.79 Å². The van der Waals surface area contributed by atoms with Crippen molar-refractivity contribution in [3.8, 4) is 0 Å². The van der Waals surface area contributed by atoms with Crippen molar-refractivity contribution in [2.24, 2.45) is 11.3 Å². The molecule has 1 saturated carbocycles. The number of alkyl halides is 3. The minimum Gasteiger partial charge on any atom is -0.465 e. The van der Waals surface area contributed by atoms with Crippen LogP contribution >= 0.6 is 11.8 Å². The second kappa shape index (κ2) is 7.23. The number of carbonyl (C=O) groups excluding carboxylic acids is 2. The van der Waals surface area contributed by atoms with Crippen LogP contribution in [-0.4, -0.2) is 30.3 Å². The number of ketones is 1. The zero-order valence-corrected chi connectivity index (χ0v) is 14.2. The summed E-state index contributed by atoms with van der Waals surface area (Å²) in [5, 5.41) is -2.63. The van der Waals surface area contributed by atoms with Gasteiger partial charge in [0, 0.05) is 6.42 Å². The first-order chi connectivity index (χ1) is 10.4. The van der Waals surface area contributed by atoms with Gasteiger partial charge in [-0.1, -0.05) is 32.5 Å². The molecule has 0 N–H and O–H groups in total. The lowest BCUT2D eigenvalue weighted by atomic mass is 9.72. The summed E-state index contributed by atoms with van der Waals surface area (Å²) in [5.74, 6) is -1.99. The molecule has 0 aromatic heterocycles. The van der Waals surface area contributed by atoms with Gasteiger partial charge < -0.3 is 4.74 Å². The van der Waals surface area contributed by atoms with E-state index in [1.165, 1.54) is 0 Å². The number of hydrogen-bond donors (Lipinski definition) is 0. The lowest BCUT2D eigenvalue weighted by Gasteiger charge is -2.36. The van der Waals surface area contributed by atoms with E-state index in [0.29, 0.717) is 6.42 Å². The number of esters is 1. The van der Waals surface area contributed by atoms with Crippen LogP contribution in [0.4, 0.5) is 17.6 Å². The van der Waals surface area contributed by atoms with Crippen molar-refractivity contribution in [3.05, 3.63) is 10.7 Å². The van der Waals surface area contributed by atoms with Crippen molar-refractivity contribution < 1.29 is 31.9 Å². The number of methoxy groups -OCH3 is 1. The smallest absolute Gasteiger partial charge is 0.426 e. The summed E-state index contributed by atoms with van der Waals surface area (Å²) in [6.07, 6.45) is -4.06. The van der Waals surface area contributed by atoms with Gasteiger partial charge in [-0.2, -0.15) is 17.6 Å². The second-order valence-corrected chi connectivity index (χ2v) is 7.71. The molecule has 8 heteroatoms. The Morgan fingerprint density at radius 2 is 1.83 bits per heavy atom. The van der Waals surface area contributed by atoms with E-state index in [-0.39, 0.29) is 41.7 Å². The standard InChI is InChI=1S/C15H20F4O3S/c1-14(2,3)8-5-6-9(20)10(7-8)23-12(16)11(13(21)22-4)15(17,18)19/h8,10H,5-7H2,1-4H3/b12-11+/t8-,10-/m1/s1. The van der Waals surface area contributed by atoms with Crippen LogP contribution in [-0.2, 0) is 14.3 Å². The molecule has 0 spiro atoms. The van der Waals surface area contributed by atoms with Gasteiger partial charge in [0.15, 0.2) is 10.7 Å². The van der Waals surface area contributed by atoms with Gasteiger partial charge in [-0.3, -0.25) is 4.79 Å². The fourth-order valence-electron chi connectivity index (χ4n) is 2.48. The fourth-order valence-corrected chi connectivity index (χ4v) is 3.62. The van der Waals surface area contributed by atoms with Crippen LogP contribution in [0.2, 0.25) is 0 Å². The van der Waals surface area contributed by atoms with E-state index in [0.717, 1.165) is 7.11 Å². The predicted octanol–water partition coefficient (Wildman–Crippen LogP) is 4.42. The summed E-state index contributed by atoms with van der Waals surface area (Å²) < 4.78 is 56.5. The minimum atomic E-state index is -5.18. The number of Topliss-reactive ketones (excluding diaryl/α,β-unsaturated/α-hetero) is 1. The van der Waals surface area contributed by atoms with E-state index in [1.807, 2.05) is 20.8 Å². The normalized spacial score (nSPS) is 24.3. The number of ether oxygens (including phenoxy) is 1. The van der Waals surface area contributed by atoms with E-state index in [4.69, 9.17) is 0 Å². The van der Waals surface area contributed by atoms with Gasteiger partial charge in [0.25, 0.3) is 0 Å². The maximum Gasteiger partial charge on any atom is 0.426 e. The van der Waals surface area contributed by atoms with E-state index in [1.54, 1.807) is 0 Å². The van der Waals surface area contributed by atoms with Gasteiger partial charge >= 0.3 is 12.1 Å². The first kappa shape index (κ1) is 20.0. The molecule has 3 nitrogen and oxygen atoms in total. The highest BCUT2D eigenvalue weighted by Gasteiger charge is 2.45. The number of thioether (sulfide) groups is 1. The SMILES string of the molecule is COC(=O)/C(=C(/F)S[C@@H]1C[C@H](C(C)(C)C)CCC1=O)C(F)(F)F. The average molecular weight is 356 g/mol. The molecule has 1 rings (SSSR count). The maximum atomic E-state index is 14.1. The predicted molar refractivity (Wildman–Crippen MR) is 79.4 cm³/mol. The molecule has 1 fully saturated rings. The van der Waals surface area contributed by atoms with Crippen LogP contribution < -0.4 is 0 Å². The number of carbonyl (C=O) groups is 2. The van der Waals surface area contributed by atoms with Gasteiger partial charge in [0.1, 0.15) is 5.78 Å². The molecule has 0 saturated heterocycles. The molecule has 2 atom stereocenters. The van der Waals surface area contributed by atoms with Crippen molar-refractivity contribution >= 4 is 23.5 Å². The number of rotatable bonds is 3. The quantitative estimate of drug-likeness (QED) is 0.427. The summed E-state index contributed by atoms with van der Waals surface area (Å²) in [4.78, 5) is 23.1. The van der Waals surface area contributed by atoms with Gasteiger partial charge in [-0.15, -0.1) is 0 Å². The Labute approximate surface area is 136 Å². The summed E-state index contributed by atoms with van der Waals surface area (Å²) in [7, 11) is 0.743. The van der Waals surface area contributed by atoms with E-state index in [9.17, 15) is 27.2 Å². The Balaban J connectivity index is 3.04. The molecule has 132 valence electrons. The van der Waals surface area contributed by atoms with Crippen molar-refractivity contribution in [2.75, 3.05) is 7.11 Å². The molecule has 1 aliphatic rings. The third-order valence-electron chi connectivity index (χ3n) is 3.94. The Hall–Kier alpha value is -1.05. The summed E-state index contributed by atoms with van der Waals surface area (Å²) in [6.45, 7) is 5.91. The van der Waals surface area contributed by atoms with Crippen molar-refractivity contribution in [3.63, 3.8) is 0 Å². The lowest BCUT2D eigenvalue weighted by Crippen LogP contribution is -2.34. The molecule has 0 aliphatic heterocycles. The van der Waals surface area contributed by atoms with Crippen LogP contribution in [0.1, 0.15) is 40.0 Å². The monoisotopic (exact) mass is 356 g/mol. The molecule has 23 heavy (non-hydrogen) atoms. The zero-order valence-electron chi connectivity index (χ0n) is 13.4. The fraction of sp³-hybridized carbons (Fsp3) is 0.733. The largest absolute Gasteiger partial charge is 0.465 e. The van der Waals surface area contributed by atoms with Crippen LogP contribution in [0, 0.1) is 11.3 Å². The van der Waals surface area contributed by atoms with Crippen molar-refractivity contribution in [1.29, 1.82) is 0 Å². The molecule has 0 unspecified atom stereocenters. The Morgan fingerprint density at radius 3 is 2.26 bits per heavy atom. The van der Waals surface area contributed by atoms with Gasteiger partial charge in [0.05, 0.1) is 12.4 Å². The highest BCUT2D eigenvalue weighted by molar-refractivity contribution is 8.04. The van der Waals surface area contributed by atoms with E-state index >= 15 is 0 Å². The average Bonchev–Trinajstić information content (AvgIpc) is 2.38. The van der Waals surface area contributed by atoms with Crippen LogP contribution in [0.3, 0.4) is 0 Å². The molecule has 0 radical (unpaired) electrons. The number of halogens is 4.